The summed E-state index contributed by atoms with van der Waals surface area (Å²) < 4.78 is 33.9. The van der Waals surface area contributed by atoms with Crippen molar-refractivity contribution in [2.24, 2.45) is 10.9 Å². The zero-order valence-corrected chi connectivity index (χ0v) is 22.9. The number of aromatic carboxylic acids is 1. The Bertz CT molecular complexity index is 1490. The van der Waals surface area contributed by atoms with Gasteiger partial charge in [-0.15, -0.1) is 11.3 Å². The molecule has 0 bridgehead atoms. The lowest BCUT2D eigenvalue weighted by Crippen LogP contribution is -2.41. The van der Waals surface area contributed by atoms with Crippen LogP contribution in [0.1, 0.15) is 46.7 Å². The lowest BCUT2D eigenvalue weighted by Gasteiger charge is -2.37. The number of carbonyl (C=O) groups excluding carboxylic acids is 1. The summed E-state index contributed by atoms with van der Waals surface area (Å²) in [6.07, 6.45) is 2.92. The third-order valence-electron chi connectivity index (χ3n) is 6.95. The highest BCUT2D eigenvalue weighted by Gasteiger charge is 2.38. The predicted molar refractivity (Wildman–Crippen MR) is 148 cm³/mol. The standard InChI is InChI=1S/C28H25ClF2N4O4S/c1-2-39-28(38)20-23(15-9-12-35(13-10-15)17-5-3-16(4-6-17)27(36)37)33-25(26-32-11-14-40-26)34-24(20)18-7-8-19(30)22(31)21(18)29/h3-8,11,14-15,24H,2,9-10,12-13H2,1H3,(H,33,34)(H,36,37). The molecule has 40 heavy (non-hydrogen) atoms. The van der Waals surface area contributed by atoms with Crippen LogP contribution in [-0.4, -0.2) is 47.6 Å². The molecule has 2 aliphatic heterocycles. The average Bonchev–Trinajstić information content (AvgIpc) is 3.51. The van der Waals surface area contributed by atoms with E-state index < -0.39 is 34.6 Å². The summed E-state index contributed by atoms with van der Waals surface area (Å²) in [7, 11) is 0. The number of thiazole rings is 1. The summed E-state index contributed by atoms with van der Waals surface area (Å²) in [6, 6.07) is 7.95. The van der Waals surface area contributed by atoms with Crippen LogP contribution < -0.4 is 10.2 Å². The van der Waals surface area contributed by atoms with E-state index >= 15 is 0 Å². The van der Waals surface area contributed by atoms with Crippen LogP contribution in [0.15, 0.2) is 64.2 Å². The van der Waals surface area contributed by atoms with Crippen molar-refractivity contribution in [3.63, 3.8) is 0 Å². The molecule has 1 saturated heterocycles. The molecule has 0 saturated carbocycles. The number of rotatable bonds is 7. The maximum absolute atomic E-state index is 14.6. The Labute approximate surface area is 238 Å². The van der Waals surface area contributed by atoms with E-state index in [2.05, 4.69) is 15.2 Å². The van der Waals surface area contributed by atoms with Crippen LogP contribution >= 0.6 is 22.9 Å². The molecule has 1 aromatic heterocycles. The number of hydrogen-bond acceptors (Lipinski definition) is 8. The van der Waals surface area contributed by atoms with Crippen molar-refractivity contribution in [2.45, 2.75) is 25.8 Å². The quantitative estimate of drug-likeness (QED) is 0.274. The third kappa shape index (κ3) is 5.44. The fourth-order valence-electron chi connectivity index (χ4n) is 4.99. The number of halogens is 3. The van der Waals surface area contributed by atoms with E-state index in [9.17, 15) is 23.5 Å². The molecule has 1 unspecified atom stereocenters. The van der Waals surface area contributed by atoms with Crippen molar-refractivity contribution in [3.05, 3.63) is 92.0 Å². The second-order valence-electron chi connectivity index (χ2n) is 9.27. The summed E-state index contributed by atoms with van der Waals surface area (Å²) in [5.41, 5.74) is 2.04. The molecule has 2 aromatic carbocycles. The molecule has 1 fully saturated rings. The number of carboxylic acids is 1. The van der Waals surface area contributed by atoms with Gasteiger partial charge in [-0.1, -0.05) is 17.7 Å². The van der Waals surface area contributed by atoms with Crippen molar-refractivity contribution in [1.82, 2.24) is 10.3 Å². The van der Waals surface area contributed by atoms with Gasteiger partial charge in [0.2, 0.25) is 0 Å². The monoisotopic (exact) mass is 586 g/mol. The van der Waals surface area contributed by atoms with E-state index in [1.54, 1.807) is 42.8 Å². The highest BCUT2D eigenvalue weighted by molar-refractivity contribution is 7.11. The number of esters is 1. The number of piperidine rings is 1. The Kier molecular flexibility index (Phi) is 8.13. The van der Waals surface area contributed by atoms with Crippen LogP contribution in [0, 0.1) is 17.6 Å². The van der Waals surface area contributed by atoms with Gasteiger partial charge in [0.15, 0.2) is 22.5 Å². The predicted octanol–water partition coefficient (Wildman–Crippen LogP) is 5.60. The maximum Gasteiger partial charge on any atom is 0.338 e. The van der Waals surface area contributed by atoms with E-state index in [0.717, 1.165) is 11.8 Å². The SMILES string of the molecule is CCOC(=O)C1=C(C2CCN(c3ccc(C(=O)O)cc3)CC2)NC(c2nccs2)=NC1c1ccc(F)c(F)c1Cl. The Morgan fingerprint density at radius 2 is 1.90 bits per heavy atom. The molecule has 0 spiro atoms. The van der Waals surface area contributed by atoms with E-state index in [0.29, 0.717) is 42.5 Å². The van der Waals surface area contributed by atoms with Crippen LogP contribution in [0.4, 0.5) is 14.5 Å². The molecule has 2 N–H and O–H groups in total. The van der Waals surface area contributed by atoms with Crippen LogP contribution in [-0.2, 0) is 9.53 Å². The van der Waals surface area contributed by atoms with Crippen LogP contribution in [0.3, 0.4) is 0 Å². The first-order valence-electron chi connectivity index (χ1n) is 12.7. The second kappa shape index (κ2) is 11.7. The number of benzene rings is 2. The van der Waals surface area contributed by atoms with Gasteiger partial charge in [0, 0.05) is 47.5 Å². The first kappa shape index (κ1) is 27.7. The van der Waals surface area contributed by atoms with Gasteiger partial charge in [-0.05, 0) is 50.1 Å². The van der Waals surface area contributed by atoms with Gasteiger partial charge in [0.1, 0.15) is 6.04 Å². The zero-order valence-electron chi connectivity index (χ0n) is 21.4. The van der Waals surface area contributed by atoms with Crippen molar-refractivity contribution in [1.29, 1.82) is 0 Å². The normalized spacial score (nSPS) is 17.9. The highest BCUT2D eigenvalue weighted by Crippen LogP contribution is 2.41. The minimum Gasteiger partial charge on any atom is -0.478 e. The topological polar surface area (TPSA) is 104 Å². The molecule has 0 radical (unpaired) electrons. The zero-order chi connectivity index (χ0) is 28.4. The average molecular weight is 587 g/mol. The largest absolute Gasteiger partial charge is 0.478 e. The molecule has 5 rings (SSSR count). The Hall–Kier alpha value is -3.83. The number of aromatic nitrogens is 1. The maximum atomic E-state index is 14.6. The number of anilines is 1. The van der Waals surface area contributed by atoms with Crippen molar-refractivity contribution in [3.8, 4) is 0 Å². The van der Waals surface area contributed by atoms with Gasteiger partial charge < -0.3 is 20.1 Å². The lowest BCUT2D eigenvalue weighted by molar-refractivity contribution is -0.139. The van der Waals surface area contributed by atoms with Gasteiger partial charge in [0.25, 0.3) is 0 Å². The molecular formula is C28H25ClF2N4O4S. The second-order valence-corrected chi connectivity index (χ2v) is 10.5. The molecule has 2 aliphatic rings. The van der Waals surface area contributed by atoms with Crippen molar-refractivity contribution < 1.29 is 28.2 Å². The number of hydrogen-bond donors (Lipinski definition) is 2. The van der Waals surface area contributed by atoms with E-state index in [1.165, 1.54) is 17.4 Å². The summed E-state index contributed by atoms with van der Waals surface area (Å²) >= 11 is 7.61. The minimum atomic E-state index is -1.21. The summed E-state index contributed by atoms with van der Waals surface area (Å²) in [5, 5.41) is 14.4. The summed E-state index contributed by atoms with van der Waals surface area (Å²) in [5.74, 6) is -3.64. The van der Waals surface area contributed by atoms with Gasteiger partial charge in [-0.2, -0.15) is 0 Å². The lowest BCUT2D eigenvalue weighted by atomic mass is 9.85. The van der Waals surface area contributed by atoms with Crippen LogP contribution in [0.25, 0.3) is 0 Å². The van der Waals surface area contributed by atoms with Crippen molar-refractivity contribution in [2.75, 3.05) is 24.6 Å². The Morgan fingerprint density at radius 3 is 2.52 bits per heavy atom. The first-order valence-corrected chi connectivity index (χ1v) is 13.9. The van der Waals surface area contributed by atoms with Crippen molar-refractivity contribution >= 4 is 46.4 Å². The fraction of sp³-hybridized carbons (Fsp3) is 0.286. The summed E-state index contributed by atoms with van der Waals surface area (Å²) in [4.78, 5) is 35.8. The number of allylic oxidation sites excluding steroid dienone is 1. The smallest absolute Gasteiger partial charge is 0.338 e. The van der Waals surface area contributed by atoms with Crippen LogP contribution in [0.2, 0.25) is 5.02 Å². The van der Waals surface area contributed by atoms with E-state index in [1.807, 2.05) is 0 Å². The molecule has 208 valence electrons. The number of carbonyl (C=O) groups is 2. The number of ether oxygens (including phenoxy) is 1. The van der Waals surface area contributed by atoms with Gasteiger partial charge >= 0.3 is 11.9 Å². The Morgan fingerprint density at radius 1 is 1.18 bits per heavy atom. The molecule has 1 atom stereocenters. The van der Waals surface area contributed by atoms with E-state index in [-0.39, 0.29) is 29.2 Å². The Balaban J connectivity index is 1.52. The summed E-state index contributed by atoms with van der Waals surface area (Å²) in [6.45, 7) is 3.07. The number of nitrogens with zero attached hydrogens (tertiary/aromatic N) is 3. The van der Waals surface area contributed by atoms with E-state index in [4.69, 9.17) is 21.3 Å². The minimum absolute atomic E-state index is 0.113. The van der Waals surface area contributed by atoms with Gasteiger partial charge in [-0.25, -0.2) is 23.4 Å². The number of nitrogens with one attached hydrogen (secondary N) is 1. The third-order valence-corrected chi connectivity index (χ3v) is 8.11. The fourth-order valence-corrected chi connectivity index (χ4v) is 5.83. The molecule has 0 aliphatic carbocycles. The number of aliphatic imine (C=N–C) groups is 1. The molecule has 12 heteroatoms. The van der Waals surface area contributed by atoms with Gasteiger partial charge in [-0.3, -0.25) is 4.99 Å². The molecule has 3 aromatic rings. The molecule has 8 nitrogen and oxygen atoms in total. The molecule has 0 amide bonds. The first-order chi connectivity index (χ1) is 19.3. The van der Waals surface area contributed by atoms with Gasteiger partial charge in [0.05, 0.1) is 22.8 Å². The highest BCUT2D eigenvalue weighted by atomic mass is 35.5. The molecule has 3 heterocycles. The molecular weight excluding hydrogens is 562 g/mol. The number of amidine groups is 1. The van der Waals surface area contributed by atoms with Crippen LogP contribution in [0.5, 0.6) is 0 Å². The number of carboxylic acid groups (broad SMARTS) is 1.